The van der Waals surface area contributed by atoms with Crippen LogP contribution in [0.25, 0.3) is 5.52 Å². The molecule has 30 heavy (non-hydrogen) atoms. The van der Waals surface area contributed by atoms with Gasteiger partial charge in [0.05, 0.1) is 17.3 Å². The van der Waals surface area contributed by atoms with E-state index in [4.69, 9.17) is 0 Å². The van der Waals surface area contributed by atoms with Crippen molar-refractivity contribution in [1.29, 1.82) is 0 Å². The molecule has 0 bridgehead atoms. The van der Waals surface area contributed by atoms with Crippen LogP contribution in [0.4, 0.5) is 10.6 Å². The summed E-state index contributed by atoms with van der Waals surface area (Å²) in [5.41, 5.74) is 2.28. The number of hydrogen-bond donors (Lipinski definition) is 0. The van der Waals surface area contributed by atoms with Crippen LogP contribution in [0.1, 0.15) is 63.8 Å². The van der Waals surface area contributed by atoms with Crippen molar-refractivity contribution in [3.8, 4) is 0 Å². The Balaban J connectivity index is 1.76. The van der Waals surface area contributed by atoms with Crippen molar-refractivity contribution in [3.63, 3.8) is 0 Å². The van der Waals surface area contributed by atoms with Gasteiger partial charge < -0.3 is 9.76 Å². The summed E-state index contributed by atoms with van der Waals surface area (Å²) in [5.74, 6) is 0.655. The number of fused-ring (bicyclic) bond motifs is 1. The standard InChI is InChI=1S/C20H26N5O4S/c1-12(25(28)30(29)20(2,3)4)16-10-15-8-14(13-6-7-13)9-17(24(15)21-16)23-11-18(26)22(5)19(23)27/h8-10,12-13H,6-7,11H2,1-5H3/q-1/t12-,30?/m1/s1. The molecule has 1 aliphatic heterocycles. The monoisotopic (exact) mass is 432 g/mol. The van der Waals surface area contributed by atoms with E-state index in [0.29, 0.717) is 21.9 Å². The summed E-state index contributed by atoms with van der Waals surface area (Å²) in [6.45, 7) is 6.86. The molecule has 10 heteroatoms. The van der Waals surface area contributed by atoms with Crippen LogP contribution in [-0.4, -0.2) is 53.8 Å². The van der Waals surface area contributed by atoms with E-state index < -0.39 is 28.2 Å². The average Bonchev–Trinajstić information content (AvgIpc) is 3.40. The number of aromatic nitrogens is 2. The van der Waals surface area contributed by atoms with Gasteiger partial charge in [0.25, 0.3) is 5.91 Å². The van der Waals surface area contributed by atoms with E-state index in [-0.39, 0.29) is 12.5 Å². The number of amides is 3. The molecule has 4 rings (SSSR count). The molecule has 3 heterocycles. The Morgan fingerprint density at radius 3 is 2.43 bits per heavy atom. The first-order chi connectivity index (χ1) is 14.0. The van der Waals surface area contributed by atoms with E-state index in [1.54, 1.807) is 38.3 Å². The van der Waals surface area contributed by atoms with Gasteiger partial charge in [0.2, 0.25) is 0 Å². The molecule has 1 aliphatic carbocycles. The van der Waals surface area contributed by atoms with E-state index in [9.17, 15) is 19.3 Å². The maximum Gasteiger partial charge on any atom is 0.332 e. The second-order valence-corrected chi connectivity index (χ2v) is 11.1. The van der Waals surface area contributed by atoms with Gasteiger partial charge in [-0.3, -0.25) is 14.6 Å². The molecular formula is C20H26N5O4S-. The zero-order valence-electron chi connectivity index (χ0n) is 17.8. The number of imide groups is 1. The van der Waals surface area contributed by atoms with Crippen LogP contribution in [0.3, 0.4) is 0 Å². The molecule has 2 fully saturated rings. The molecule has 1 saturated carbocycles. The number of urea groups is 1. The predicted octanol–water partition coefficient (Wildman–Crippen LogP) is 2.93. The quantitative estimate of drug-likeness (QED) is 0.408. The molecule has 2 aromatic heterocycles. The lowest BCUT2D eigenvalue weighted by molar-refractivity contribution is -0.123. The van der Waals surface area contributed by atoms with Crippen molar-refractivity contribution < 1.29 is 14.1 Å². The zero-order chi connectivity index (χ0) is 22.0. The fraction of sp³-hybridized carbons (Fsp3) is 0.550. The van der Waals surface area contributed by atoms with Gasteiger partial charge in [-0.05, 0) is 70.2 Å². The lowest BCUT2D eigenvalue weighted by Crippen LogP contribution is -2.41. The van der Waals surface area contributed by atoms with Gasteiger partial charge in [-0.2, -0.15) is 9.57 Å². The van der Waals surface area contributed by atoms with Crippen LogP contribution in [0.2, 0.25) is 0 Å². The van der Waals surface area contributed by atoms with E-state index in [0.717, 1.165) is 28.8 Å². The molecule has 0 N–H and O–H groups in total. The molecule has 2 aliphatic rings. The summed E-state index contributed by atoms with van der Waals surface area (Å²) < 4.78 is 14.0. The number of hydroxylamine groups is 1. The van der Waals surface area contributed by atoms with Crippen LogP contribution < -0.4 is 4.90 Å². The molecule has 162 valence electrons. The Bertz CT molecular complexity index is 1010. The number of rotatable bonds is 5. The summed E-state index contributed by atoms with van der Waals surface area (Å²) in [6, 6.07) is 4.56. The first-order valence-electron chi connectivity index (χ1n) is 9.99. The first kappa shape index (κ1) is 21.1. The first-order valence-corrected chi connectivity index (χ1v) is 11.1. The highest BCUT2D eigenvalue weighted by Gasteiger charge is 2.37. The number of likely N-dealkylation sites (N-methyl/N-ethyl adjacent to an activating group) is 1. The highest BCUT2D eigenvalue weighted by molar-refractivity contribution is 7.90. The third-order valence-electron chi connectivity index (χ3n) is 5.53. The van der Waals surface area contributed by atoms with Gasteiger partial charge in [-0.25, -0.2) is 9.31 Å². The van der Waals surface area contributed by atoms with Gasteiger partial charge in [-0.1, -0.05) is 0 Å². The van der Waals surface area contributed by atoms with Gasteiger partial charge in [0.1, 0.15) is 17.1 Å². The minimum atomic E-state index is -1.75. The Morgan fingerprint density at radius 2 is 1.90 bits per heavy atom. The topological polar surface area (TPSA) is 107 Å². The van der Waals surface area contributed by atoms with E-state index in [2.05, 4.69) is 5.10 Å². The Labute approximate surface area is 178 Å². The van der Waals surface area contributed by atoms with Crippen LogP contribution >= 0.6 is 0 Å². The van der Waals surface area contributed by atoms with Crippen molar-refractivity contribution >= 4 is 34.6 Å². The van der Waals surface area contributed by atoms with Crippen molar-refractivity contribution in [2.45, 2.75) is 57.2 Å². The van der Waals surface area contributed by atoms with Gasteiger partial charge >= 0.3 is 6.03 Å². The van der Waals surface area contributed by atoms with Crippen LogP contribution in [0, 0.1) is 5.21 Å². The molecule has 1 saturated heterocycles. The van der Waals surface area contributed by atoms with Crippen molar-refractivity contribution in [3.05, 3.63) is 34.7 Å². The number of carbonyl (C=O) groups is 2. The highest BCUT2D eigenvalue weighted by Crippen LogP contribution is 2.42. The predicted molar refractivity (Wildman–Crippen MR) is 114 cm³/mol. The normalized spacial score (nSPS) is 20.0. The largest absolute Gasteiger partial charge is 0.743 e. The Kier molecular flexibility index (Phi) is 5.08. The van der Waals surface area contributed by atoms with Crippen molar-refractivity contribution in [1.82, 2.24) is 19.0 Å². The third kappa shape index (κ3) is 3.58. The molecule has 2 aromatic rings. The maximum atomic E-state index is 12.7. The summed E-state index contributed by atoms with van der Waals surface area (Å²) in [6.07, 6.45) is 2.16. The lowest BCUT2D eigenvalue weighted by atomic mass is 10.1. The molecule has 1 unspecified atom stereocenters. The summed E-state index contributed by atoms with van der Waals surface area (Å²) in [4.78, 5) is 27.2. The second-order valence-electron chi connectivity index (χ2n) is 8.97. The van der Waals surface area contributed by atoms with Crippen molar-refractivity contribution in [2.24, 2.45) is 0 Å². The summed E-state index contributed by atoms with van der Waals surface area (Å²) in [5, 5.41) is 17.2. The number of carbonyl (C=O) groups excluding carboxylic acids is 2. The molecule has 3 amide bonds. The van der Waals surface area contributed by atoms with Crippen LogP contribution in [0.15, 0.2) is 18.2 Å². The number of nitrogens with zero attached hydrogens (tertiary/aromatic N) is 5. The fourth-order valence-electron chi connectivity index (χ4n) is 3.47. The average molecular weight is 433 g/mol. The molecule has 0 radical (unpaired) electrons. The van der Waals surface area contributed by atoms with Crippen molar-refractivity contribution in [2.75, 3.05) is 18.5 Å². The molecule has 0 spiro atoms. The lowest BCUT2D eigenvalue weighted by Gasteiger charge is -2.39. The number of anilines is 1. The van der Waals surface area contributed by atoms with E-state index in [1.807, 2.05) is 12.1 Å². The number of hydrogen-bond acceptors (Lipinski definition) is 6. The third-order valence-corrected chi connectivity index (χ3v) is 7.22. The molecular weight excluding hydrogens is 406 g/mol. The minimum absolute atomic E-state index is 0.0506. The maximum absolute atomic E-state index is 12.7. The molecule has 0 aromatic carbocycles. The fourth-order valence-corrected chi connectivity index (χ4v) is 4.40. The smallest absolute Gasteiger partial charge is 0.332 e. The highest BCUT2D eigenvalue weighted by atomic mass is 32.2. The van der Waals surface area contributed by atoms with Gasteiger partial charge in [0, 0.05) is 18.4 Å². The molecule has 9 nitrogen and oxygen atoms in total. The van der Waals surface area contributed by atoms with E-state index in [1.165, 1.54) is 11.9 Å². The SMILES string of the molecule is C[C@H](c1cc2cc(C3CC3)cc(N3CC(=O)N(C)C3=O)n2n1)N([O-])[S+]([O-])C(C)(C)C. The van der Waals surface area contributed by atoms with Crippen LogP contribution in [0.5, 0.6) is 0 Å². The Morgan fingerprint density at radius 1 is 1.23 bits per heavy atom. The van der Waals surface area contributed by atoms with E-state index >= 15 is 0 Å². The minimum Gasteiger partial charge on any atom is -0.743 e. The number of pyridine rings is 1. The molecule has 2 atom stereocenters. The zero-order valence-corrected chi connectivity index (χ0v) is 18.6. The van der Waals surface area contributed by atoms with Gasteiger partial charge in [0.15, 0.2) is 0 Å². The summed E-state index contributed by atoms with van der Waals surface area (Å²) in [7, 11) is 1.46. The second kappa shape index (κ2) is 7.23. The van der Waals surface area contributed by atoms with Crippen LogP contribution in [-0.2, 0) is 16.2 Å². The Hall–Kier alpha value is -2.14. The van der Waals surface area contributed by atoms with Gasteiger partial charge in [-0.15, -0.1) is 0 Å². The summed E-state index contributed by atoms with van der Waals surface area (Å²) >= 11 is -1.75.